The summed E-state index contributed by atoms with van der Waals surface area (Å²) >= 11 is 0. The summed E-state index contributed by atoms with van der Waals surface area (Å²) in [5.74, 6) is -1.51. The molecule has 2 aliphatic rings. The highest BCUT2D eigenvalue weighted by Crippen LogP contribution is 2.38. The van der Waals surface area contributed by atoms with Gasteiger partial charge in [0.05, 0.1) is 41.3 Å². The Morgan fingerprint density at radius 1 is 1.16 bits per heavy atom. The van der Waals surface area contributed by atoms with Crippen molar-refractivity contribution in [1.29, 1.82) is 0 Å². The fraction of sp³-hybridized carbons (Fsp3) is 0.533. The molecule has 0 atom stereocenters. The van der Waals surface area contributed by atoms with E-state index in [-0.39, 0.29) is 18.2 Å². The fourth-order valence-corrected chi connectivity index (χ4v) is 5.99. The molecule has 5 rings (SSSR count). The van der Waals surface area contributed by atoms with E-state index >= 15 is 0 Å². The summed E-state index contributed by atoms with van der Waals surface area (Å²) in [6.07, 6.45) is 6.57. The van der Waals surface area contributed by atoms with Crippen molar-refractivity contribution in [2.75, 3.05) is 6.54 Å². The molecule has 3 heterocycles. The smallest absolute Gasteiger partial charge is 0.419 e. The molecule has 232 valence electrons. The van der Waals surface area contributed by atoms with Crippen molar-refractivity contribution in [3.05, 3.63) is 53.1 Å². The Balaban J connectivity index is 1.38. The van der Waals surface area contributed by atoms with Gasteiger partial charge in [-0.15, -0.1) is 0 Å². The Labute approximate surface area is 247 Å². The Morgan fingerprint density at radius 2 is 1.86 bits per heavy atom. The molecule has 0 unspecified atom stereocenters. The lowest BCUT2D eigenvalue weighted by Crippen LogP contribution is -2.27. The van der Waals surface area contributed by atoms with Gasteiger partial charge in [-0.2, -0.15) is 23.4 Å². The van der Waals surface area contributed by atoms with Crippen LogP contribution in [-0.4, -0.2) is 55.1 Å². The zero-order valence-corrected chi connectivity index (χ0v) is 24.3. The molecule has 3 aromatic heterocycles. The van der Waals surface area contributed by atoms with Crippen LogP contribution in [-0.2, 0) is 6.18 Å². The Morgan fingerprint density at radius 3 is 2.51 bits per heavy atom. The topological polar surface area (TPSA) is 102 Å². The lowest BCUT2D eigenvalue weighted by atomic mass is 9.92. The number of nitrogens with zero attached hydrogens (tertiary/aromatic N) is 6. The average Bonchev–Trinajstić information content (AvgIpc) is 3.59. The maximum absolute atomic E-state index is 14.5. The standard InChI is InChI=1S/C30H37F4N7O2/c1-4-36-26(35-3)15-25-18(2)28(19-16-38-40(17-19)20-5-9-22(42)10-6-20)39-41(25)21-7-11-23(12-8-21)43-29-27(31)24(13-14-37-29)30(32,33)34/h13-17,20-23,36,42H,3-12H2,1-2H3/b26-15+. The monoisotopic (exact) mass is 603 g/mol. The van der Waals surface area contributed by atoms with E-state index in [4.69, 9.17) is 9.84 Å². The molecule has 0 radical (unpaired) electrons. The first-order valence-corrected chi connectivity index (χ1v) is 14.7. The number of aromatic nitrogens is 5. The summed E-state index contributed by atoms with van der Waals surface area (Å²) in [4.78, 5) is 7.84. The largest absolute Gasteiger partial charge is 0.472 e. The molecule has 9 nitrogen and oxygen atoms in total. The van der Waals surface area contributed by atoms with E-state index in [0.29, 0.717) is 44.1 Å². The second-order valence-electron chi connectivity index (χ2n) is 11.2. The van der Waals surface area contributed by atoms with E-state index in [1.165, 1.54) is 0 Å². The molecular weight excluding hydrogens is 566 g/mol. The Hall–Kier alpha value is -3.74. The van der Waals surface area contributed by atoms with Crippen molar-refractivity contribution in [2.45, 2.75) is 95.7 Å². The van der Waals surface area contributed by atoms with Crippen LogP contribution in [0.25, 0.3) is 17.3 Å². The van der Waals surface area contributed by atoms with E-state index in [2.05, 4.69) is 27.1 Å². The number of halogens is 4. The summed E-state index contributed by atoms with van der Waals surface area (Å²) in [5, 5.41) is 22.8. The molecule has 43 heavy (non-hydrogen) atoms. The van der Waals surface area contributed by atoms with Gasteiger partial charge >= 0.3 is 6.18 Å². The van der Waals surface area contributed by atoms with Crippen LogP contribution >= 0.6 is 0 Å². The van der Waals surface area contributed by atoms with E-state index in [0.717, 1.165) is 54.4 Å². The Bertz CT molecular complexity index is 1450. The van der Waals surface area contributed by atoms with Gasteiger partial charge in [-0.25, -0.2) is 14.4 Å². The average molecular weight is 604 g/mol. The SMILES string of the molecule is C=N/C(=C\c1c(C)c(-c2cnn(C3CCC(O)CC3)c2)nn1C1CCC(Oc2nccc(C(F)(F)F)c2F)CC1)NCC. The normalized spacial score (nSPS) is 23.3. The van der Waals surface area contributed by atoms with Crippen LogP contribution in [0.4, 0.5) is 17.6 Å². The van der Waals surface area contributed by atoms with Gasteiger partial charge < -0.3 is 15.2 Å². The van der Waals surface area contributed by atoms with Gasteiger partial charge in [0.25, 0.3) is 5.88 Å². The molecule has 0 amide bonds. The predicted octanol–water partition coefficient (Wildman–Crippen LogP) is 6.26. The van der Waals surface area contributed by atoms with Crippen LogP contribution in [0.1, 0.15) is 87.2 Å². The fourth-order valence-electron chi connectivity index (χ4n) is 5.99. The van der Waals surface area contributed by atoms with E-state index < -0.39 is 29.5 Å². The first-order valence-electron chi connectivity index (χ1n) is 14.7. The summed E-state index contributed by atoms with van der Waals surface area (Å²) < 4.78 is 63.5. The number of hydrogen-bond donors (Lipinski definition) is 2. The molecule has 0 aliphatic heterocycles. The lowest BCUT2D eigenvalue weighted by molar-refractivity contribution is -0.140. The van der Waals surface area contributed by atoms with E-state index in [1.807, 2.05) is 41.7 Å². The van der Waals surface area contributed by atoms with Crippen LogP contribution in [0.2, 0.25) is 0 Å². The van der Waals surface area contributed by atoms with Crippen molar-refractivity contribution in [3.63, 3.8) is 0 Å². The molecule has 13 heteroatoms. The van der Waals surface area contributed by atoms with Gasteiger partial charge in [-0.05, 0) is 78.0 Å². The highest BCUT2D eigenvalue weighted by atomic mass is 19.4. The number of aliphatic imine (C=N–C) groups is 1. The lowest BCUT2D eigenvalue weighted by Gasteiger charge is -2.30. The molecule has 0 saturated heterocycles. The molecule has 2 fully saturated rings. The highest BCUT2D eigenvalue weighted by molar-refractivity contribution is 5.68. The van der Waals surface area contributed by atoms with E-state index in [1.54, 1.807) is 0 Å². The number of hydrogen-bond acceptors (Lipinski definition) is 7. The highest BCUT2D eigenvalue weighted by Gasteiger charge is 2.37. The van der Waals surface area contributed by atoms with Crippen molar-refractivity contribution < 1.29 is 27.4 Å². The third kappa shape index (κ3) is 6.76. The van der Waals surface area contributed by atoms with Crippen LogP contribution < -0.4 is 10.1 Å². The van der Waals surface area contributed by atoms with Crippen molar-refractivity contribution in [3.8, 4) is 17.1 Å². The molecule has 3 aromatic rings. The van der Waals surface area contributed by atoms with Crippen molar-refractivity contribution in [2.24, 2.45) is 4.99 Å². The molecule has 2 saturated carbocycles. The minimum atomic E-state index is -4.83. The molecule has 0 aromatic carbocycles. The van der Waals surface area contributed by atoms with Crippen LogP contribution in [0.3, 0.4) is 0 Å². The Kier molecular flexibility index (Phi) is 9.19. The van der Waals surface area contributed by atoms with Crippen molar-refractivity contribution in [1.82, 2.24) is 29.9 Å². The maximum Gasteiger partial charge on any atom is 0.419 e. The molecule has 0 bridgehead atoms. The third-order valence-corrected chi connectivity index (χ3v) is 8.34. The minimum Gasteiger partial charge on any atom is -0.472 e. The van der Waals surface area contributed by atoms with Gasteiger partial charge in [-0.3, -0.25) is 9.36 Å². The molecule has 2 aliphatic carbocycles. The first kappa shape index (κ1) is 30.7. The van der Waals surface area contributed by atoms with Gasteiger partial charge in [-0.1, -0.05) is 0 Å². The number of aliphatic hydroxyl groups is 1. The molecule has 2 N–H and O–H groups in total. The summed E-state index contributed by atoms with van der Waals surface area (Å²) in [6.45, 7) is 8.32. The second-order valence-corrected chi connectivity index (χ2v) is 11.2. The maximum atomic E-state index is 14.5. The van der Waals surface area contributed by atoms with Gasteiger partial charge in [0.15, 0.2) is 5.82 Å². The van der Waals surface area contributed by atoms with Gasteiger partial charge in [0.1, 0.15) is 11.9 Å². The third-order valence-electron chi connectivity index (χ3n) is 8.34. The molecule has 0 spiro atoms. The predicted molar refractivity (Wildman–Crippen MR) is 154 cm³/mol. The van der Waals surface area contributed by atoms with Crippen LogP contribution in [0.5, 0.6) is 5.88 Å². The quantitative estimate of drug-likeness (QED) is 0.221. The number of pyridine rings is 1. The number of aliphatic hydroxyl groups excluding tert-OH is 1. The molecular formula is C30H37F4N7O2. The zero-order chi connectivity index (χ0) is 30.7. The second kappa shape index (κ2) is 12.9. The van der Waals surface area contributed by atoms with Gasteiger partial charge in [0.2, 0.25) is 0 Å². The summed E-state index contributed by atoms with van der Waals surface area (Å²) in [6, 6.07) is 0.811. The number of alkyl halides is 3. The van der Waals surface area contributed by atoms with Crippen molar-refractivity contribution >= 4 is 12.8 Å². The summed E-state index contributed by atoms with van der Waals surface area (Å²) in [5.41, 5.74) is 2.10. The van der Waals surface area contributed by atoms with E-state index in [9.17, 15) is 22.7 Å². The van der Waals surface area contributed by atoms with Crippen LogP contribution in [0.15, 0.2) is 35.5 Å². The first-order chi connectivity index (χ1) is 20.6. The minimum absolute atomic E-state index is 0.0274. The summed E-state index contributed by atoms with van der Waals surface area (Å²) in [7, 11) is 0. The zero-order valence-electron chi connectivity index (χ0n) is 24.3. The van der Waals surface area contributed by atoms with Gasteiger partial charge in [0, 0.05) is 36.1 Å². The number of rotatable bonds is 9. The van der Waals surface area contributed by atoms with Crippen LogP contribution in [0, 0.1) is 12.7 Å². The number of nitrogens with one attached hydrogen (secondary N) is 1. The number of ether oxygens (including phenoxy) is 1.